The molecule has 2 aromatic rings. The summed E-state index contributed by atoms with van der Waals surface area (Å²) in [6.45, 7) is 12.5. The zero-order valence-electron chi connectivity index (χ0n) is 27.4. The molecule has 0 bridgehead atoms. The second-order valence-corrected chi connectivity index (χ2v) is 12.6. The molecule has 0 saturated carbocycles. The Labute approximate surface area is 267 Å². The summed E-state index contributed by atoms with van der Waals surface area (Å²) < 4.78 is 12.7. The van der Waals surface area contributed by atoms with Gasteiger partial charge in [-0.2, -0.15) is 5.26 Å². The molecule has 10 nitrogen and oxygen atoms in total. The molecular formula is C34H49FN6O4. The molecule has 3 atom stereocenters. The van der Waals surface area contributed by atoms with Crippen LogP contribution in [0, 0.1) is 28.5 Å². The molecule has 0 spiro atoms. The van der Waals surface area contributed by atoms with E-state index < -0.39 is 12.0 Å². The summed E-state index contributed by atoms with van der Waals surface area (Å²) in [7, 11) is 1.49. The van der Waals surface area contributed by atoms with Gasteiger partial charge in [-0.15, -0.1) is 0 Å². The molecule has 0 aromatic heterocycles. The lowest BCUT2D eigenvalue weighted by atomic mass is 10.0. The predicted molar refractivity (Wildman–Crippen MR) is 174 cm³/mol. The van der Waals surface area contributed by atoms with E-state index in [2.05, 4.69) is 56.6 Å². The Morgan fingerprint density at radius 1 is 1.09 bits per heavy atom. The number of amides is 4. The molecule has 1 fully saturated rings. The van der Waals surface area contributed by atoms with Crippen molar-refractivity contribution in [2.24, 2.45) is 11.3 Å². The third-order valence-corrected chi connectivity index (χ3v) is 6.28. The summed E-state index contributed by atoms with van der Waals surface area (Å²) in [5.41, 5.74) is 2.30. The van der Waals surface area contributed by atoms with Gasteiger partial charge in [0.2, 0.25) is 24.6 Å². The van der Waals surface area contributed by atoms with Crippen LogP contribution in [0.4, 0.5) is 10.1 Å². The molecule has 1 heterocycles. The van der Waals surface area contributed by atoms with Crippen molar-refractivity contribution < 1.29 is 23.6 Å². The number of likely N-dealkylation sites (tertiary alicyclic amines) is 1. The van der Waals surface area contributed by atoms with Crippen molar-refractivity contribution in [2.45, 2.75) is 66.0 Å². The van der Waals surface area contributed by atoms with Gasteiger partial charge in [-0.3, -0.25) is 19.2 Å². The van der Waals surface area contributed by atoms with Crippen LogP contribution in [-0.2, 0) is 25.6 Å². The number of halogens is 1. The highest BCUT2D eigenvalue weighted by molar-refractivity contribution is 5.93. The Balaban J connectivity index is 0.000000405. The third kappa shape index (κ3) is 17.6. The van der Waals surface area contributed by atoms with Crippen molar-refractivity contribution in [1.29, 1.82) is 5.26 Å². The fourth-order valence-electron chi connectivity index (χ4n) is 4.18. The van der Waals surface area contributed by atoms with Crippen LogP contribution in [0.25, 0.3) is 0 Å². The van der Waals surface area contributed by atoms with Crippen molar-refractivity contribution in [3.05, 3.63) is 66.0 Å². The van der Waals surface area contributed by atoms with Gasteiger partial charge in [0.1, 0.15) is 11.9 Å². The fraction of sp³-hybridized carbons (Fsp3) is 0.500. The predicted octanol–water partition coefficient (Wildman–Crippen LogP) is 3.99. The van der Waals surface area contributed by atoms with Crippen molar-refractivity contribution in [1.82, 2.24) is 20.4 Å². The van der Waals surface area contributed by atoms with E-state index in [4.69, 9.17) is 0 Å². The smallest absolute Gasteiger partial charge is 0.243 e. The highest BCUT2D eigenvalue weighted by atomic mass is 19.1. The Morgan fingerprint density at radius 2 is 1.71 bits per heavy atom. The molecule has 0 aliphatic carbocycles. The number of rotatable bonds is 13. The minimum atomic E-state index is -0.644. The number of carbonyl (C=O) groups is 4. The Kier molecular flexibility index (Phi) is 17.7. The number of anilines is 1. The van der Waals surface area contributed by atoms with Crippen LogP contribution < -0.4 is 16.0 Å². The number of nitriles is 1. The first-order chi connectivity index (χ1) is 21.3. The van der Waals surface area contributed by atoms with E-state index in [0.29, 0.717) is 42.9 Å². The molecule has 1 aliphatic heterocycles. The lowest BCUT2D eigenvalue weighted by Gasteiger charge is -2.21. The highest BCUT2D eigenvalue weighted by Crippen LogP contribution is 2.24. The van der Waals surface area contributed by atoms with Gasteiger partial charge < -0.3 is 25.8 Å². The Bertz CT molecular complexity index is 1210. The van der Waals surface area contributed by atoms with Gasteiger partial charge in [0, 0.05) is 31.9 Å². The van der Waals surface area contributed by atoms with Crippen LogP contribution in [0.2, 0.25) is 0 Å². The number of likely N-dealkylation sites (N-methyl/N-ethyl adjacent to an activating group) is 1. The number of benzene rings is 2. The molecule has 1 aliphatic rings. The van der Waals surface area contributed by atoms with Gasteiger partial charge in [0.05, 0.1) is 18.5 Å². The zero-order valence-corrected chi connectivity index (χ0v) is 27.4. The molecule has 3 N–H and O–H groups in total. The second kappa shape index (κ2) is 20.6. The Hall–Kier alpha value is -4.30. The molecule has 11 heteroatoms. The highest BCUT2D eigenvalue weighted by Gasteiger charge is 2.38. The van der Waals surface area contributed by atoms with Crippen LogP contribution in [0.1, 0.15) is 53.0 Å². The van der Waals surface area contributed by atoms with Gasteiger partial charge in [-0.05, 0) is 68.0 Å². The molecule has 3 unspecified atom stereocenters. The summed E-state index contributed by atoms with van der Waals surface area (Å²) in [5.74, 6) is -1.18. The van der Waals surface area contributed by atoms with E-state index in [9.17, 15) is 28.8 Å². The summed E-state index contributed by atoms with van der Waals surface area (Å²) >= 11 is 0. The first kappa shape index (κ1) is 38.7. The van der Waals surface area contributed by atoms with Crippen LogP contribution in [-0.4, -0.2) is 79.7 Å². The minimum absolute atomic E-state index is 0.102. The number of carbonyl (C=O) groups excluding carboxylic acids is 4. The van der Waals surface area contributed by atoms with E-state index in [1.165, 1.54) is 29.0 Å². The van der Waals surface area contributed by atoms with E-state index in [1.807, 2.05) is 30.3 Å². The summed E-state index contributed by atoms with van der Waals surface area (Å²) in [6, 6.07) is 17.4. The fourth-order valence-corrected chi connectivity index (χ4v) is 4.18. The lowest BCUT2D eigenvalue weighted by molar-refractivity contribution is -0.135. The average molecular weight is 625 g/mol. The lowest BCUT2D eigenvalue weighted by Crippen LogP contribution is -2.41. The largest absolute Gasteiger partial charge is 0.359 e. The number of para-hydroxylation sites is 1. The number of nitrogens with one attached hydrogen (secondary N) is 3. The van der Waals surface area contributed by atoms with Crippen LogP contribution >= 0.6 is 0 Å². The van der Waals surface area contributed by atoms with E-state index >= 15 is 0 Å². The standard InChI is InChI=1S/C16H18N4O3.C13H19FN2O.C5H12/c1-19(11-21)10-15(22)20-9-12(7-14(20)8-17)16(23)18-13-5-3-2-4-6-13;1-11(16-8-2-7-15-10-17)9-12-3-5-13(14)6-4-12;1-5(2,3)4/h2-6,11-12,14H,7,9-10H2,1H3,(H,18,23);3-6,10-11,16H,2,7-9H2,1H3,(H,15,17);1-4H3. The molecule has 4 amide bonds. The minimum Gasteiger partial charge on any atom is -0.359 e. The SMILES string of the molecule is CC(C)(C)C.CC(Cc1ccc(F)cc1)NCCCNC=O.CN(C=O)CC(=O)N1CC(C(=O)Nc2ccccc2)CC1C#N. The molecule has 45 heavy (non-hydrogen) atoms. The monoisotopic (exact) mass is 624 g/mol. The average Bonchev–Trinajstić information content (AvgIpc) is 3.43. The van der Waals surface area contributed by atoms with E-state index in [1.54, 1.807) is 12.1 Å². The first-order valence-electron chi connectivity index (χ1n) is 15.1. The molecule has 2 aromatic carbocycles. The first-order valence-corrected chi connectivity index (χ1v) is 15.1. The second-order valence-electron chi connectivity index (χ2n) is 12.6. The van der Waals surface area contributed by atoms with Crippen LogP contribution in [0.5, 0.6) is 0 Å². The maximum Gasteiger partial charge on any atom is 0.243 e. The maximum atomic E-state index is 12.7. The van der Waals surface area contributed by atoms with Gasteiger partial charge >= 0.3 is 0 Å². The molecular weight excluding hydrogens is 575 g/mol. The van der Waals surface area contributed by atoms with Crippen molar-refractivity contribution >= 4 is 30.3 Å². The molecule has 0 radical (unpaired) electrons. The van der Waals surface area contributed by atoms with Gasteiger partial charge in [0.15, 0.2) is 0 Å². The van der Waals surface area contributed by atoms with Crippen molar-refractivity contribution in [3.63, 3.8) is 0 Å². The van der Waals surface area contributed by atoms with Gasteiger partial charge in [-0.25, -0.2) is 4.39 Å². The maximum absolute atomic E-state index is 12.7. The van der Waals surface area contributed by atoms with Crippen molar-refractivity contribution in [2.75, 3.05) is 38.5 Å². The van der Waals surface area contributed by atoms with Gasteiger partial charge in [-0.1, -0.05) is 58.0 Å². The molecule has 1 saturated heterocycles. The normalized spacial score (nSPS) is 16.0. The van der Waals surface area contributed by atoms with Crippen molar-refractivity contribution in [3.8, 4) is 6.07 Å². The molecule has 3 rings (SSSR count). The van der Waals surface area contributed by atoms with Crippen LogP contribution in [0.15, 0.2) is 54.6 Å². The van der Waals surface area contributed by atoms with Gasteiger partial charge in [0.25, 0.3) is 0 Å². The Morgan fingerprint density at radius 3 is 2.27 bits per heavy atom. The zero-order chi connectivity index (χ0) is 33.8. The quantitative estimate of drug-likeness (QED) is 0.228. The number of nitrogens with zero attached hydrogens (tertiary/aromatic N) is 3. The summed E-state index contributed by atoms with van der Waals surface area (Å²) in [4.78, 5) is 47.6. The molecule has 246 valence electrons. The van der Waals surface area contributed by atoms with E-state index in [0.717, 1.165) is 24.9 Å². The summed E-state index contributed by atoms with van der Waals surface area (Å²) in [6.07, 6.45) is 3.34. The van der Waals surface area contributed by atoms with E-state index in [-0.39, 0.29) is 30.7 Å². The number of hydrogen-bond donors (Lipinski definition) is 3. The van der Waals surface area contributed by atoms with Crippen LogP contribution in [0.3, 0.4) is 0 Å². The number of hydrogen-bond acceptors (Lipinski definition) is 6. The topological polar surface area (TPSA) is 135 Å². The summed E-state index contributed by atoms with van der Waals surface area (Å²) in [5, 5.41) is 18.0. The third-order valence-electron chi connectivity index (χ3n) is 6.28.